The second kappa shape index (κ2) is 4.57. The van der Waals surface area contributed by atoms with Crippen molar-refractivity contribution in [3.05, 3.63) is 28.2 Å². The first-order valence-corrected chi connectivity index (χ1v) is 7.26. The fraction of sp³-hybridized carbons (Fsp3) is 0.500. The summed E-state index contributed by atoms with van der Waals surface area (Å²) in [6, 6.07) is 6.95. The molecule has 3 nitrogen and oxygen atoms in total. The van der Waals surface area contributed by atoms with E-state index in [2.05, 4.69) is 46.4 Å². The maximum atomic E-state index is 11.9. The molecule has 2 saturated heterocycles. The average Bonchev–Trinajstić information content (AvgIpc) is 2.90. The van der Waals surface area contributed by atoms with Gasteiger partial charge in [-0.25, -0.2) is 0 Å². The number of hydrogen-bond donors (Lipinski definition) is 1. The molecule has 18 heavy (non-hydrogen) atoms. The van der Waals surface area contributed by atoms with Gasteiger partial charge in [0.25, 0.3) is 0 Å². The molecule has 0 bridgehead atoms. The van der Waals surface area contributed by atoms with Gasteiger partial charge < -0.3 is 10.2 Å². The quantitative estimate of drug-likeness (QED) is 0.911. The van der Waals surface area contributed by atoms with Crippen LogP contribution in [0.5, 0.6) is 0 Å². The van der Waals surface area contributed by atoms with Gasteiger partial charge in [-0.05, 0) is 37.5 Å². The molecule has 4 heteroatoms. The largest absolute Gasteiger partial charge is 0.380 e. The van der Waals surface area contributed by atoms with E-state index < -0.39 is 0 Å². The van der Waals surface area contributed by atoms with Gasteiger partial charge in [-0.1, -0.05) is 22.0 Å². The third kappa shape index (κ3) is 2.03. The van der Waals surface area contributed by atoms with Gasteiger partial charge in [-0.3, -0.25) is 4.79 Å². The van der Waals surface area contributed by atoms with Crippen LogP contribution in [0.4, 0.5) is 5.69 Å². The Balaban J connectivity index is 1.76. The Kier molecular flexibility index (Phi) is 3.06. The van der Waals surface area contributed by atoms with Crippen molar-refractivity contribution in [1.82, 2.24) is 4.90 Å². The van der Waals surface area contributed by atoms with Crippen LogP contribution < -0.4 is 5.32 Å². The number of nitrogens with zero attached hydrogens (tertiary/aromatic N) is 1. The van der Waals surface area contributed by atoms with Crippen LogP contribution in [0, 0.1) is 6.92 Å². The van der Waals surface area contributed by atoms with Crippen LogP contribution in [-0.2, 0) is 4.79 Å². The normalized spacial score (nSPS) is 26.6. The van der Waals surface area contributed by atoms with E-state index >= 15 is 0 Å². The highest BCUT2D eigenvalue weighted by Crippen LogP contribution is 2.31. The first kappa shape index (κ1) is 12.0. The summed E-state index contributed by atoms with van der Waals surface area (Å²) in [5.41, 5.74) is 2.32. The Morgan fingerprint density at radius 1 is 1.44 bits per heavy atom. The number of nitrogens with one attached hydrogen (secondary N) is 1. The van der Waals surface area contributed by atoms with Crippen molar-refractivity contribution in [2.75, 3.05) is 11.9 Å². The summed E-state index contributed by atoms with van der Waals surface area (Å²) in [6.45, 7) is 3.02. The number of benzene rings is 1. The van der Waals surface area contributed by atoms with E-state index in [9.17, 15) is 4.79 Å². The van der Waals surface area contributed by atoms with E-state index in [4.69, 9.17) is 0 Å². The van der Waals surface area contributed by atoms with Crippen molar-refractivity contribution in [2.24, 2.45) is 0 Å². The van der Waals surface area contributed by atoms with E-state index in [1.165, 1.54) is 5.56 Å². The summed E-state index contributed by atoms with van der Waals surface area (Å²) in [6.07, 6.45) is 2.92. The van der Waals surface area contributed by atoms with Gasteiger partial charge in [0, 0.05) is 23.1 Å². The standard InChI is InChI=1S/C14H17BrN2O/c1-9-4-5-10(7-11(9)15)16-12-8-14(18)17-6-2-3-13(12)17/h4-5,7,12-13,16H,2-3,6,8H2,1H3. The number of aryl methyl sites for hydroxylation is 1. The minimum Gasteiger partial charge on any atom is -0.380 e. The number of amides is 1. The maximum Gasteiger partial charge on any atom is 0.225 e. The van der Waals surface area contributed by atoms with Gasteiger partial charge in [-0.2, -0.15) is 0 Å². The molecule has 1 amide bonds. The summed E-state index contributed by atoms with van der Waals surface area (Å²) in [7, 11) is 0. The third-order valence-electron chi connectivity index (χ3n) is 4.00. The third-order valence-corrected chi connectivity index (χ3v) is 4.86. The van der Waals surface area contributed by atoms with Gasteiger partial charge in [-0.15, -0.1) is 0 Å². The molecule has 1 N–H and O–H groups in total. The van der Waals surface area contributed by atoms with Crippen molar-refractivity contribution in [2.45, 2.75) is 38.3 Å². The highest BCUT2D eigenvalue weighted by Gasteiger charge is 2.42. The lowest BCUT2D eigenvalue weighted by molar-refractivity contribution is -0.127. The predicted molar refractivity (Wildman–Crippen MR) is 75.6 cm³/mol. The zero-order valence-electron chi connectivity index (χ0n) is 10.4. The molecule has 0 radical (unpaired) electrons. The molecule has 96 valence electrons. The van der Waals surface area contributed by atoms with Crippen molar-refractivity contribution in [1.29, 1.82) is 0 Å². The van der Waals surface area contributed by atoms with E-state index in [-0.39, 0.29) is 6.04 Å². The molecule has 2 unspecified atom stereocenters. The van der Waals surface area contributed by atoms with Gasteiger partial charge >= 0.3 is 0 Å². The molecule has 2 aliphatic rings. The minimum absolute atomic E-state index is 0.273. The SMILES string of the molecule is Cc1ccc(NC2CC(=O)N3CCCC23)cc1Br. The van der Waals surface area contributed by atoms with E-state index in [0.29, 0.717) is 18.4 Å². The number of fused-ring (bicyclic) bond motifs is 1. The summed E-state index contributed by atoms with van der Waals surface area (Å²) in [5.74, 6) is 0.307. The second-order valence-corrected chi connectivity index (χ2v) is 6.07. The second-order valence-electron chi connectivity index (χ2n) is 5.22. The van der Waals surface area contributed by atoms with Crippen molar-refractivity contribution >= 4 is 27.5 Å². The van der Waals surface area contributed by atoms with Gasteiger partial charge in [0.2, 0.25) is 5.91 Å². The molecule has 0 saturated carbocycles. The van der Waals surface area contributed by atoms with E-state index in [1.54, 1.807) is 0 Å². The maximum absolute atomic E-state index is 11.9. The van der Waals surface area contributed by atoms with Gasteiger partial charge in [0.15, 0.2) is 0 Å². The van der Waals surface area contributed by atoms with Crippen LogP contribution in [0.3, 0.4) is 0 Å². The summed E-state index contributed by atoms with van der Waals surface area (Å²) in [5, 5.41) is 3.52. The molecular formula is C14H17BrN2O. The summed E-state index contributed by atoms with van der Waals surface area (Å²) in [4.78, 5) is 13.9. The smallest absolute Gasteiger partial charge is 0.225 e. The first-order valence-electron chi connectivity index (χ1n) is 6.47. The lowest BCUT2D eigenvalue weighted by Crippen LogP contribution is -2.34. The van der Waals surface area contributed by atoms with Crippen molar-refractivity contribution in [3.8, 4) is 0 Å². The number of carbonyl (C=O) groups is 1. The number of rotatable bonds is 2. The molecule has 2 aliphatic heterocycles. The van der Waals surface area contributed by atoms with Crippen LogP contribution >= 0.6 is 15.9 Å². The number of carbonyl (C=O) groups excluding carboxylic acids is 1. The lowest BCUT2D eigenvalue weighted by Gasteiger charge is -2.22. The summed E-state index contributed by atoms with van der Waals surface area (Å²) >= 11 is 3.55. The van der Waals surface area contributed by atoms with Crippen LogP contribution in [0.1, 0.15) is 24.8 Å². The average molecular weight is 309 g/mol. The molecule has 2 atom stereocenters. The van der Waals surface area contributed by atoms with Gasteiger partial charge in [0.05, 0.1) is 12.1 Å². The van der Waals surface area contributed by atoms with Crippen LogP contribution in [-0.4, -0.2) is 29.4 Å². The molecule has 0 aromatic heterocycles. The van der Waals surface area contributed by atoms with E-state index in [1.807, 2.05) is 4.90 Å². The molecule has 3 rings (SSSR count). The summed E-state index contributed by atoms with van der Waals surface area (Å²) < 4.78 is 1.11. The molecule has 2 fully saturated rings. The van der Waals surface area contributed by atoms with Crippen LogP contribution in [0.25, 0.3) is 0 Å². The molecule has 1 aromatic rings. The first-order chi connectivity index (χ1) is 8.65. The number of hydrogen-bond acceptors (Lipinski definition) is 2. The number of anilines is 1. The monoisotopic (exact) mass is 308 g/mol. The Bertz CT molecular complexity index is 489. The van der Waals surface area contributed by atoms with Gasteiger partial charge in [0.1, 0.15) is 0 Å². The molecule has 0 aliphatic carbocycles. The molecule has 0 spiro atoms. The highest BCUT2D eigenvalue weighted by atomic mass is 79.9. The number of halogens is 1. The Labute approximate surface area is 116 Å². The fourth-order valence-corrected chi connectivity index (χ4v) is 3.38. The topological polar surface area (TPSA) is 32.3 Å². The van der Waals surface area contributed by atoms with Crippen LogP contribution in [0.2, 0.25) is 0 Å². The molecule has 2 heterocycles. The Hall–Kier alpha value is -1.03. The predicted octanol–water partition coefficient (Wildman–Crippen LogP) is 2.93. The zero-order valence-corrected chi connectivity index (χ0v) is 12.0. The fourth-order valence-electron chi connectivity index (χ4n) is 3.01. The zero-order chi connectivity index (χ0) is 12.7. The van der Waals surface area contributed by atoms with E-state index in [0.717, 1.165) is 29.5 Å². The lowest BCUT2D eigenvalue weighted by atomic mass is 10.1. The van der Waals surface area contributed by atoms with Crippen molar-refractivity contribution in [3.63, 3.8) is 0 Å². The van der Waals surface area contributed by atoms with Crippen LogP contribution in [0.15, 0.2) is 22.7 Å². The Morgan fingerprint density at radius 3 is 3.06 bits per heavy atom. The van der Waals surface area contributed by atoms with Crippen molar-refractivity contribution < 1.29 is 4.79 Å². The minimum atomic E-state index is 0.273. The highest BCUT2D eigenvalue weighted by molar-refractivity contribution is 9.10. The Morgan fingerprint density at radius 2 is 2.28 bits per heavy atom. The molecular weight excluding hydrogens is 292 g/mol. The molecule has 1 aromatic carbocycles.